The highest BCUT2D eigenvalue weighted by molar-refractivity contribution is 8.13. The van der Waals surface area contributed by atoms with Crippen LogP contribution in [-0.4, -0.2) is 39.1 Å². The molecule has 1 aliphatic heterocycles. The number of thioether (sulfide) groups is 1. The van der Waals surface area contributed by atoms with E-state index in [0.717, 1.165) is 29.7 Å². The number of aliphatic hydroxyl groups is 1. The molecule has 2 fully saturated rings. The Morgan fingerprint density at radius 3 is 2.77 bits per heavy atom. The number of rotatable bonds is 5. The van der Waals surface area contributed by atoms with Crippen molar-refractivity contribution in [3.63, 3.8) is 0 Å². The van der Waals surface area contributed by atoms with Crippen LogP contribution in [0.1, 0.15) is 32.1 Å². The molecule has 7 heteroatoms. The van der Waals surface area contributed by atoms with Crippen LogP contribution in [0.25, 0.3) is 0 Å². The highest BCUT2D eigenvalue weighted by atomic mass is 32.2. The van der Waals surface area contributed by atoms with Crippen LogP contribution in [0, 0.1) is 17.8 Å². The summed E-state index contributed by atoms with van der Waals surface area (Å²) in [5.74, 6) is 0.355. The Labute approximate surface area is 132 Å². The summed E-state index contributed by atoms with van der Waals surface area (Å²) in [6, 6.07) is 0. The minimum atomic E-state index is -1.05. The van der Waals surface area contributed by atoms with Gasteiger partial charge in [-0.2, -0.15) is 0 Å². The van der Waals surface area contributed by atoms with Crippen molar-refractivity contribution in [2.45, 2.75) is 38.3 Å². The third-order valence-electron chi connectivity index (χ3n) is 4.47. The van der Waals surface area contributed by atoms with E-state index in [-0.39, 0.29) is 30.3 Å². The molecule has 3 aliphatic rings. The van der Waals surface area contributed by atoms with Crippen molar-refractivity contribution < 1.29 is 24.3 Å². The Morgan fingerprint density at radius 2 is 2.18 bits per heavy atom. The first-order chi connectivity index (χ1) is 10.5. The monoisotopic (exact) mass is 325 g/mol. The molecule has 0 radical (unpaired) electrons. The molecular formula is C15H19NO5S. The molecule has 0 aromatic rings. The predicted molar refractivity (Wildman–Crippen MR) is 79.1 cm³/mol. The molecule has 3 unspecified atom stereocenters. The third kappa shape index (κ3) is 3.20. The van der Waals surface area contributed by atoms with Gasteiger partial charge in [0.1, 0.15) is 0 Å². The minimum absolute atomic E-state index is 0.0452. The molecule has 1 saturated heterocycles. The molecule has 2 aliphatic carbocycles. The van der Waals surface area contributed by atoms with Crippen LogP contribution < -0.4 is 0 Å². The number of amides is 1. The molecule has 6 nitrogen and oxygen atoms in total. The van der Waals surface area contributed by atoms with Crippen molar-refractivity contribution in [1.29, 1.82) is 0 Å². The number of fused-ring (bicyclic) bond motifs is 2. The van der Waals surface area contributed by atoms with Crippen molar-refractivity contribution in [3.05, 3.63) is 12.2 Å². The Morgan fingerprint density at radius 1 is 1.36 bits per heavy atom. The van der Waals surface area contributed by atoms with Crippen LogP contribution >= 0.6 is 11.8 Å². The van der Waals surface area contributed by atoms with E-state index in [1.165, 1.54) is 0 Å². The molecule has 0 spiro atoms. The normalized spacial score (nSPS) is 32.8. The summed E-state index contributed by atoms with van der Waals surface area (Å²) >= 11 is 1.16. The smallest absolute Gasteiger partial charge is 0.333 e. The minimum Gasteiger partial charge on any atom is -0.370 e. The summed E-state index contributed by atoms with van der Waals surface area (Å²) in [6.07, 6.45) is 5.77. The van der Waals surface area contributed by atoms with Crippen LogP contribution in [0.5, 0.6) is 0 Å². The van der Waals surface area contributed by atoms with Crippen molar-refractivity contribution in [2.24, 2.45) is 17.8 Å². The van der Waals surface area contributed by atoms with Gasteiger partial charge in [0.2, 0.25) is 0 Å². The van der Waals surface area contributed by atoms with Crippen LogP contribution in [0.4, 0.5) is 0 Å². The summed E-state index contributed by atoms with van der Waals surface area (Å²) in [4.78, 5) is 40.0. The number of hydroxylamine groups is 2. The number of hydrogen-bond donors (Lipinski definition) is 1. The van der Waals surface area contributed by atoms with Crippen molar-refractivity contribution >= 4 is 28.8 Å². The summed E-state index contributed by atoms with van der Waals surface area (Å²) in [5, 5.41) is 10.4. The van der Waals surface area contributed by atoms with Gasteiger partial charge in [-0.15, -0.1) is 5.06 Å². The summed E-state index contributed by atoms with van der Waals surface area (Å²) in [6.45, 7) is 0. The lowest BCUT2D eigenvalue weighted by Gasteiger charge is -2.19. The van der Waals surface area contributed by atoms with Crippen molar-refractivity contribution in [2.75, 3.05) is 5.75 Å². The van der Waals surface area contributed by atoms with Gasteiger partial charge in [-0.3, -0.25) is 9.59 Å². The number of nitrogens with zero attached hydrogens (tertiary/aromatic N) is 1. The first kappa shape index (κ1) is 15.6. The number of carbonyl (C=O) groups is 3. The van der Waals surface area contributed by atoms with Crippen molar-refractivity contribution in [1.82, 2.24) is 5.06 Å². The molecule has 1 heterocycles. The maximum atomic E-state index is 12.1. The van der Waals surface area contributed by atoms with E-state index >= 15 is 0 Å². The summed E-state index contributed by atoms with van der Waals surface area (Å²) < 4.78 is 0. The van der Waals surface area contributed by atoms with E-state index in [1.54, 1.807) is 0 Å². The topological polar surface area (TPSA) is 83.9 Å². The Bertz CT molecular complexity index is 520. The van der Waals surface area contributed by atoms with E-state index in [9.17, 15) is 19.5 Å². The van der Waals surface area contributed by atoms with Crippen LogP contribution in [0.3, 0.4) is 0 Å². The molecule has 0 aromatic heterocycles. The summed E-state index contributed by atoms with van der Waals surface area (Å²) in [5.41, 5.74) is 0. The number of hydrogen-bond acceptors (Lipinski definition) is 6. The Balaban J connectivity index is 1.38. The number of aliphatic hydroxyl groups excluding tert-OH is 1. The molecule has 0 aromatic carbocycles. The second-order valence-corrected chi connectivity index (χ2v) is 7.11. The molecule has 4 atom stereocenters. The second-order valence-electron chi connectivity index (χ2n) is 6.01. The van der Waals surface area contributed by atoms with E-state index in [0.29, 0.717) is 17.6 Å². The van der Waals surface area contributed by atoms with Crippen molar-refractivity contribution in [3.8, 4) is 0 Å². The number of allylic oxidation sites excluding steroid dienone is 2. The SMILES string of the molecule is O=C(CCSC(=O)C1CC2C=C[C@H]1C2)ON1C(=O)CCC1O. The lowest BCUT2D eigenvalue weighted by atomic mass is 9.95. The predicted octanol–water partition coefficient (Wildman–Crippen LogP) is 1.25. The van der Waals surface area contributed by atoms with Crippen LogP contribution in [-0.2, 0) is 19.2 Å². The zero-order valence-corrected chi connectivity index (χ0v) is 13.0. The fourth-order valence-electron chi connectivity index (χ4n) is 3.31. The molecule has 22 heavy (non-hydrogen) atoms. The molecule has 1 N–H and O–H groups in total. The molecule has 3 rings (SSSR count). The maximum Gasteiger partial charge on any atom is 0.333 e. The Kier molecular flexibility index (Phi) is 4.54. The quantitative estimate of drug-likeness (QED) is 0.766. The standard InChI is InChI=1S/C15H19NO5S/c17-12-3-4-13(18)16(12)21-14(19)5-6-22-15(20)11-8-9-1-2-10(11)7-9/h1-2,9-12,17H,3-8H2/t9?,10-,11?,12?/m0/s1. The highest BCUT2D eigenvalue weighted by Gasteiger charge is 2.39. The second kappa shape index (κ2) is 6.42. The fraction of sp³-hybridized carbons (Fsp3) is 0.667. The van der Waals surface area contributed by atoms with Gasteiger partial charge in [0.25, 0.3) is 5.91 Å². The van der Waals surface area contributed by atoms with Gasteiger partial charge in [0.15, 0.2) is 11.3 Å². The van der Waals surface area contributed by atoms with E-state index in [1.807, 2.05) is 0 Å². The fourth-order valence-corrected chi connectivity index (χ4v) is 4.26. The van der Waals surface area contributed by atoms with E-state index < -0.39 is 18.1 Å². The van der Waals surface area contributed by atoms with Crippen LogP contribution in [0.2, 0.25) is 0 Å². The van der Waals surface area contributed by atoms with Gasteiger partial charge in [-0.1, -0.05) is 23.9 Å². The molecule has 2 bridgehead atoms. The van der Waals surface area contributed by atoms with E-state index in [2.05, 4.69) is 12.2 Å². The average molecular weight is 325 g/mol. The first-order valence-corrected chi connectivity index (χ1v) is 8.59. The molecule has 1 saturated carbocycles. The first-order valence-electron chi connectivity index (χ1n) is 7.60. The molecule has 120 valence electrons. The largest absolute Gasteiger partial charge is 0.370 e. The van der Waals surface area contributed by atoms with Gasteiger partial charge >= 0.3 is 5.97 Å². The van der Waals surface area contributed by atoms with Crippen LogP contribution in [0.15, 0.2) is 12.2 Å². The van der Waals surface area contributed by atoms with Gasteiger partial charge in [0.05, 0.1) is 6.42 Å². The Hall–Kier alpha value is -1.34. The van der Waals surface area contributed by atoms with Gasteiger partial charge < -0.3 is 9.94 Å². The molecule has 1 amide bonds. The van der Waals surface area contributed by atoms with E-state index in [4.69, 9.17) is 4.84 Å². The maximum absolute atomic E-state index is 12.1. The zero-order valence-electron chi connectivity index (χ0n) is 12.1. The lowest BCUT2D eigenvalue weighted by Crippen LogP contribution is -2.35. The highest BCUT2D eigenvalue weighted by Crippen LogP contribution is 2.45. The summed E-state index contributed by atoms with van der Waals surface area (Å²) in [7, 11) is 0. The van der Waals surface area contributed by atoms with Gasteiger partial charge in [0, 0.05) is 24.5 Å². The lowest BCUT2D eigenvalue weighted by molar-refractivity contribution is -0.220. The average Bonchev–Trinajstić information content (AvgIpc) is 3.19. The molecular weight excluding hydrogens is 306 g/mol. The third-order valence-corrected chi connectivity index (χ3v) is 5.46. The number of carbonyl (C=O) groups excluding carboxylic acids is 3. The van der Waals surface area contributed by atoms with Gasteiger partial charge in [-0.05, 0) is 24.7 Å². The zero-order chi connectivity index (χ0) is 15.7. The van der Waals surface area contributed by atoms with Gasteiger partial charge in [-0.25, -0.2) is 4.79 Å².